The summed E-state index contributed by atoms with van der Waals surface area (Å²) in [5.41, 5.74) is 14.5. The van der Waals surface area contributed by atoms with Gasteiger partial charge >= 0.3 is 0 Å². The summed E-state index contributed by atoms with van der Waals surface area (Å²) < 4.78 is 0. The zero-order chi connectivity index (χ0) is 48.4. The molecule has 0 bridgehead atoms. The fourth-order valence-corrected chi connectivity index (χ4v) is 8.26. The summed E-state index contributed by atoms with van der Waals surface area (Å²) in [5.74, 6) is 3.06. The van der Waals surface area contributed by atoms with Crippen LogP contribution in [0.15, 0.2) is 152 Å². The summed E-state index contributed by atoms with van der Waals surface area (Å²) in [4.78, 5) is 0. The van der Waals surface area contributed by atoms with E-state index in [0.717, 1.165) is 18.5 Å². The molecule has 6 rings (SSSR count). The molecule has 0 saturated heterocycles. The lowest BCUT2D eigenvalue weighted by atomic mass is 9.83. The van der Waals surface area contributed by atoms with Crippen molar-refractivity contribution in [3.05, 3.63) is 185 Å². The van der Waals surface area contributed by atoms with E-state index in [1.54, 1.807) is 6.08 Å². The van der Waals surface area contributed by atoms with Crippen LogP contribution in [0.1, 0.15) is 168 Å². The van der Waals surface area contributed by atoms with Crippen LogP contribution in [-0.4, -0.2) is 0 Å². The lowest BCUT2D eigenvalue weighted by Crippen LogP contribution is -2.13. The Morgan fingerprint density at radius 1 is 0.631 bits per heavy atom. The van der Waals surface area contributed by atoms with Crippen LogP contribution in [0.4, 0.5) is 11.4 Å². The standard InChI is InChI=1S/C43H51N.C10H14.C9H14.C2H6/c1-10-15-35(29(8)11-2)37-22-23-39-41(44-34-19-14-17-32(25-34)28(6)7)26-40(30(9)12-3)38-21-20-36(42(37)43(38)39)33-18-13-16-31(24-33)27(4)5;1-8(2)10-6-4-5-9(3)7-10;1-5-7-9(6-2)8(3)4;1-2/h10,13-30,44H,11-12H2,1-9H3;4-8H,1-3H3;5-8H,1-2H2,3-4H3;1-2H3/b15-10+,37-35+;;9-7+;. The minimum atomic E-state index is 0.442. The fourth-order valence-electron chi connectivity index (χ4n) is 8.26. The predicted octanol–water partition coefficient (Wildman–Crippen LogP) is 19.7. The highest BCUT2D eigenvalue weighted by atomic mass is 14.9. The van der Waals surface area contributed by atoms with E-state index >= 15 is 0 Å². The predicted molar refractivity (Wildman–Crippen MR) is 296 cm³/mol. The molecule has 0 fully saturated rings. The van der Waals surface area contributed by atoms with Gasteiger partial charge in [-0.05, 0) is 146 Å². The molecular formula is C64H85N. The molecule has 2 unspecified atom stereocenters. The molecule has 0 aliphatic rings. The van der Waals surface area contributed by atoms with Crippen molar-refractivity contribution in [3.8, 4) is 11.1 Å². The molecule has 1 N–H and O–H groups in total. The zero-order valence-corrected chi connectivity index (χ0v) is 43.5. The number of anilines is 2. The van der Waals surface area contributed by atoms with E-state index in [9.17, 15) is 0 Å². The van der Waals surface area contributed by atoms with E-state index < -0.39 is 0 Å². The van der Waals surface area contributed by atoms with E-state index in [-0.39, 0.29) is 0 Å². The normalized spacial score (nSPS) is 13.0. The fraction of sp³-hybridized carbons (Fsp3) is 0.375. The Morgan fingerprint density at radius 2 is 1.22 bits per heavy atom. The van der Waals surface area contributed by atoms with E-state index in [1.165, 1.54) is 82.5 Å². The Bertz CT molecular complexity index is 2550. The minimum Gasteiger partial charge on any atom is -0.355 e. The van der Waals surface area contributed by atoms with Gasteiger partial charge in [0.05, 0.1) is 0 Å². The molecule has 0 aliphatic heterocycles. The van der Waals surface area contributed by atoms with Crippen molar-refractivity contribution in [2.45, 2.75) is 147 Å². The van der Waals surface area contributed by atoms with Crippen LogP contribution < -0.4 is 10.5 Å². The Hall–Kier alpha value is -5.40. The van der Waals surface area contributed by atoms with Gasteiger partial charge in [-0.25, -0.2) is 0 Å². The molecule has 6 aromatic rings. The lowest BCUT2D eigenvalue weighted by Gasteiger charge is -2.23. The third-order valence-electron chi connectivity index (χ3n) is 12.6. The van der Waals surface area contributed by atoms with Gasteiger partial charge in [0.25, 0.3) is 0 Å². The Morgan fingerprint density at radius 3 is 1.72 bits per heavy atom. The highest BCUT2D eigenvalue weighted by Crippen LogP contribution is 2.42. The lowest BCUT2D eigenvalue weighted by molar-refractivity contribution is 0.718. The number of aryl methyl sites for hydroxylation is 1. The smallest absolute Gasteiger partial charge is 0.0467 e. The third-order valence-corrected chi connectivity index (χ3v) is 12.6. The summed E-state index contributed by atoms with van der Waals surface area (Å²) in [6.45, 7) is 42.7. The number of allylic oxidation sites excluding steroid dienone is 6. The largest absolute Gasteiger partial charge is 0.355 e. The Kier molecular flexibility index (Phi) is 22.0. The van der Waals surface area contributed by atoms with Gasteiger partial charge in [-0.2, -0.15) is 0 Å². The number of benzene rings is 6. The molecular weight excluding hydrogens is 783 g/mol. The number of nitrogens with one attached hydrogen (secondary N) is 1. The van der Waals surface area contributed by atoms with Gasteiger partial charge in [-0.15, -0.1) is 0 Å². The molecule has 0 saturated carbocycles. The first kappa shape index (κ1) is 53.9. The second kappa shape index (κ2) is 26.5. The van der Waals surface area contributed by atoms with Crippen LogP contribution in [0.2, 0.25) is 0 Å². The van der Waals surface area contributed by atoms with Gasteiger partial charge in [0, 0.05) is 16.8 Å². The van der Waals surface area contributed by atoms with Crippen LogP contribution in [0, 0.1) is 18.8 Å². The highest BCUT2D eigenvalue weighted by Gasteiger charge is 2.20. The Labute approximate surface area is 397 Å². The molecule has 0 aliphatic carbocycles. The monoisotopic (exact) mass is 868 g/mol. The second-order valence-corrected chi connectivity index (χ2v) is 18.7. The summed E-state index contributed by atoms with van der Waals surface area (Å²) in [7, 11) is 0. The van der Waals surface area contributed by atoms with Crippen LogP contribution in [-0.2, 0) is 0 Å². The van der Waals surface area contributed by atoms with E-state index in [1.807, 2.05) is 26.0 Å². The number of hydrogen-bond acceptors (Lipinski definition) is 1. The van der Waals surface area contributed by atoms with Gasteiger partial charge in [0.15, 0.2) is 0 Å². The summed E-state index contributed by atoms with van der Waals surface area (Å²) in [6.07, 6.45) is 12.4. The van der Waals surface area contributed by atoms with Crippen molar-refractivity contribution in [3.63, 3.8) is 0 Å². The van der Waals surface area contributed by atoms with Crippen LogP contribution in [0.3, 0.4) is 0 Å². The Balaban J connectivity index is 0.000000440. The molecule has 0 spiro atoms. The molecule has 1 heteroatoms. The van der Waals surface area contributed by atoms with Crippen LogP contribution in [0.5, 0.6) is 0 Å². The molecule has 6 aromatic carbocycles. The SMILES string of the molecule is C/C=C/C(=c1/ccc2c(Nc3cccc(C(C)C)c3)cc(C(C)CC)c3ccc(-c4cccc(C(C)C)c4)c1c23)C(C)CC.C=C/C=C(\C=C)C(C)C.CC.Cc1cccc(C(C)C)c1. The van der Waals surface area contributed by atoms with Crippen molar-refractivity contribution in [1.29, 1.82) is 0 Å². The van der Waals surface area contributed by atoms with Crippen molar-refractivity contribution in [2.24, 2.45) is 11.8 Å². The van der Waals surface area contributed by atoms with Crippen molar-refractivity contribution >= 4 is 38.5 Å². The molecule has 2 atom stereocenters. The number of hydrogen-bond donors (Lipinski definition) is 1. The molecule has 65 heavy (non-hydrogen) atoms. The maximum atomic E-state index is 3.90. The average molecular weight is 868 g/mol. The van der Waals surface area contributed by atoms with Crippen LogP contribution in [0.25, 0.3) is 38.2 Å². The molecule has 1 nitrogen and oxygen atoms in total. The molecule has 0 aromatic heterocycles. The maximum Gasteiger partial charge on any atom is 0.0467 e. The topological polar surface area (TPSA) is 12.0 Å². The maximum absolute atomic E-state index is 3.90. The van der Waals surface area contributed by atoms with Gasteiger partial charge in [0.1, 0.15) is 0 Å². The first-order valence-electron chi connectivity index (χ1n) is 24.8. The average Bonchev–Trinajstić information content (AvgIpc) is 3.31. The molecule has 0 amide bonds. The second-order valence-electron chi connectivity index (χ2n) is 18.7. The number of rotatable bonds is 14. The quantitative estimate of drug-likeness (QED) is 0.108. The van der Waals surface area contributed by atoms with E-state index in [0.29, 0.717) is 35.5 Å². The summed E-state index contributed by atoms with van der Waals surface area (Å²) >= 11 is 0. The van der Waals surface area contributed by atoms with Crippen molar-refractivity contribution in [2.75, 3.05) is 5.32 Å². The highest BCUT2D eigenvalue weighted by molar-refractivity contribution is 6.20. The van der Waals surface area contributed by atoms with E-state index in [2.05, 4.69) is 231 Å². The first-order chi connectivity index (χ1) is 31.1. The van der Waals surface area contributed by atoms with Crippen molar-refractivity contribution in [1.82, 2.24) is 0 Å². The van der Waals surface area contributed by atoms with Gasteiger partial charge in [0.2, 0.25) is 0 Å². The molecule has 346 valence electrons. The van der Waals surface area contributed by atoms with Crippen LogP contribution >= 0.6 is 0 Å². The molecule has 0 radical (unpaired) electrons. The van der Waals surface area contributed by atoms with E-state index in [4.69, 9.17) is 0 Å². The van der Waals surface area contributed by atoms with Gasteiger partial charge in [-0.3, -0.25) is 0 Å². The van der Waals surface area contributed by atoms with Crippen molar-refractivity contribution < 1.29 is 0 Å². The zero-order valence-electron chi connectivity index (χ0n) is 43.5. The van der Waals surface area contributed by atoms with Gasteiger partial charge < -0.3 is 5.32 Å². The minimum absolute atomic E-state index is 0.442. The summed E-state index contributed by atoms with van der Waals surface area (Å²) in [6, 6.07) is 38.8. The van der Waals surface area contributed by atoms with Gasteiger partial charge in [-0.1, -0.05) is 231 Å². The molecule has 0 heterocycles. The third kappa shape index (κ3) is 14.3. The summed E-state index contributed by atoms with van der Waals surface area (Å²) in [5, 5.41) is 10.7. The first-order valence-corrected chi connectivity index (χ1v) is 24.8.